The van der Waals surface area contributed by atoms with Gasteiger partial charge in [0.2, 0.25) is 0 Å². The molecule has 1 saturated carbocycles. The summed E-state index contributed by atoms with van der Waals surface area (Å²) in [5.41, 5.74) is 0.231. The third kappa shape index (κ3) is 7.41. The van der Waals surface area contributed by atoms with Gasteiger partial charge in [-0.05, 0) is 50.0 Å². The van der Waals surface area contributed by atoms with Crippen LogP contribution < -0.4 is 10.6 Å². The van der Waals surface area contributed by atoms with Crippen LogP contribution in [0.1, 0.15) is 51.9 Å². The van der Waals surface area contributed by atoms with Crippen molar-refractivity contribution in [1.82, 2.24) is 10.6 Å². The lowest BCUT2D eigenvalue weighted by Crippen LogP contribution is -2.39. The number of hydrogen-bond acceptors (Lipinski definition) is 3. The zero-order chi connectivity index (χ0) is 15.4. The van der Waals surface area contributed by atoms with E-state index in [1.165, 1.54) is 37.9 Å². The first kappa shape index (κ1) is 18.6. The molecule has 0 saturated heterocycles. The van der Waals surface area contributed by atoms with E-state index >= 15 is 0 Å². The van der Waals surface area contributed by atoms with E-state index in [-0.39, 0.29) is 12.0 Å². The first-order valence-corrected chi connectivity index (χ1v) is 9.78. The highest BCUT2D eigenvalue weighted by Gasteiger charge is 2.31. The Bertz CT molecular complexity index is 286. The van der Waals surface area contributed by atoms with Crippen molar-refractivity contribution in [1.29, 1.82) is 0 Å². The van der Waals surface area contributed by atoms with Gasteiger partial charge in [0.25, 0.3) is 0 Å². The summed E-state index contributed by atoms with van der Waals surface area (Å²) in [5.74, 6) is 2.11. The highest BCUT2D eigenvalue weighted by molar-refractivity contribution is 7.98. The predicted octanol–water partition coefficient (Wildman–Crippen LogP) is 2.63. The lowest BCUT2D eigenvalue weighted by molar-refractivity contribution is 0.137. The van der Waals surface area contributed by atoms with Gasteiger partial charge in [-0.2, -0.15) is 11.8 Å². The van der Waals surface area contributed by atoms with Gasteiger partial charge in [0, 0.05) is 26.2 Å². The van der Waals surface area contributed by atoms with Gasteiger partial charge in [0.1, 0.15) is 0 Å². The molecule has 0 bridgehead atoms. The number of aliphatic imine (C=N–C) groups is 1. The van der Waals surface area contributed by atoms with Crippen LogP contribution in [0.5, 0.6) is 0 Å². The molecular weight excluding hydrogens is 282 g/mol. The lowest BCUT2D eigenvalue weighted by Gasteiger charge is -2.35. The first-order chi connectivity index (χ1) is 10.3. The maximum atomic E-state index is 9.37. The Hall–Kier alpha value is -0.420. The minimum Gasteiger partial charge on any atom is -0.396 e. The van der Waals surface area contributed by atoms with Crippen LogP contribution in [0.2, 0.25) is 0 Å². The van der Waals surface area contributed by atoms with Crippen molar-refractivity contribution in [2.45, 2.75) is 51.9 Å². The molecule has 5 heteroatoms. The minimum atomic E-state index is 0.231. The van der Waals surface area contributed by atoms with Crippen molar-refractivity contribution in [2.24, 2.45) is 10.4 Å². The minimum absolute atomic E-state index is 0.231. The maximum Gasteiger partial charge on any atom is 0.191 e. The van der Waals surface area contributed by atoms with Crippen LogP contribution in [0.25, 0.3) is 0 Å². The van der Waals surface area contributed by atoms with Gasteiger partial charge in [-0.3, -0.25) is 4.99 Å². The van der Waals surface area contributed by atoms with Crippen LogP contribution >= 0.6 is 11.8 Å². The quantitative estimate of drug-likeness (QED) is 0.348. The molecule has 1 rings (SSSR count). The molecule has 0 aliphatic heterocycles. The van der Waals surface area contributed by atoms with E-state index in [2.05, 4.69) is 23.8 Å². The van der Waals surface area contributed by atoms with Gasteiger partial charge in [-0.15, -0.1) is 0 Å². The number of nitrogens with one attached hydrogen (secondary N) is 2. The molecule has 1 aliphatic carbocycles. The van der Waals surface area contributed by atoms with Gasteiger partial charge in [0.15, 0.2) is 5.96 Å². The zero-order valence-electron chi connectivity index (χ0n) is 13.8. The molecule has 1 fully saturated rings. The van der Waals surface area contributed by atoms with Gasteiger partial charge in [-0.25, -0.2) is 0 Å². The van der Waals surface area contributed by atoms with Crippen molar-refractivity contribution in [3.05, 3.63) is 0 Å². The van der Waals surface area contributed by atoms with Gasteiger partial charge < -0.3 is 15.7 Å². The summed E-state index contributed by atoms with van der Waals surface area (Å²) in [7, 11) is 0. The van der Waals surface area contributed by atoms with E-state index in [0.717, 1.165) is 38.4 Å². The number of aliphatic hydroxyl groups is 1. The third-order valence-electron chi connectivity index (χ3n) is 4.29. The summed E-state index contributed by atoms with van der Waals surface area (Å²) in [6, 6.07) is 0. The molecule has 0 aromatic rings. The molecule has 0 radical (unpaired) electrons. The highest BCUT2D eigenvalue weighted by Crippen LogP contribution is 2.39. The fraction of sp³-hybridized carbons (Fsp3) is 0.938. The van der Waals surface area contributed by atoms with Crippen LogP contribution in [0, 0.1) is 5.41 Å². The maximum absolute atomic E-state index is 9.37. The van der Waals surface area contributed by atoms with E-state index in [4.69, 9.17) is 4.99 Å². The summed E-state index contributed by atoms with van der Waals surface area (Å²) >= 11 is 1.88. The Kier molecular flexibility index (Phi) is 9.92. The fourth-order valence-electron chi connectivity index (χ4n) is 3.04. The standard InChI is InChI=1S/C16H33N3OS/c1-3-17-15(18-11-7-13-21-2)19-14-16(10-12-20)8-5-4-6-9-16/h20H,3-14H2,1-2H3,(H2,17,18,19). The van der Waals surface area contributed by atoms with Crippen molar-refractivity contribution in [3.8, 4) is 0 Å². The molecular formula is C16H33N3OS. The molecule has 124 valence electrons. The second kappa shape index (κ2) is 11.2. The van der Waals surface area contributed by atoms with Gasteiger partial charge >= 0.3 is 0 Å². The second-order valence-electron chi connectivity index (χ2n) is 6.00. The van der Waals surface area contributed by atoms with Crippen molar-refractivity contribution >= 4 is 17.7 Å². The van der Waals surface area contributed by atoms with E-state index in [1.807, 2.05) is 11.8 Å². The average molecular weight is 316 g/mol. The fourth-order valence-corrected chi connectivity index (χ4v) is 3.47. The van der Waals surface area contributed by atoms with Crippen LogP contribution in [0.3, 0.4) is 0 Å². The number of nitrogens with zero attached hydrogens (tertiary/aromatic N) is 1. The molecule has 0 aromatic carbocycles. The molecule has 0 heterocycles. The summed E-state index contributed by atoms with van der Waals surface area (Å²) in [6.45, 7) is 5.09. The average Bonchev–Trinajstić information content (AvgIpc) is 2.50. The van der Waals surface area contributed by atoms with Crippen LogP contribution in [-0.4, -0.2) is 49.3 Å². The lowest BCUT2D eigenvalue weighted by atomic mass is 9.72. The van der Waals surface area contributed by atoms with E-state index in [9.17, 15) is 5.11 Å². The number of rotatable bonds is 9. The second-order valence-corrected chi connectivity index (χ2v) is 6.99. The molecule has 1 aliphatic rings. The molecule has 0 atom stereocenters. The molecule has 0 spiro atoms. The Morgan fingerprint density at radius 2 is 2.00 bits per heavy atom. The van der Waals surface area contributed by atoms with Crippen molar-refractivity contribution in [2.75, 3.05) is 38.2 Å². The van der Waals surface area contributed by atoms with Gasteiger partial charge in [0.05, 0.1) is 0 Å². The summed E-state index contributed by atoms with van der Waals surface area (Å²) in [6.07, 6.45) is 10.5. The Morgan fingerprint density at radius 3 is 2.62 bits per heavy atom. The van der Waals surface area contributed by atoms with E-state index in [1.54, 1.807) is 0 Å². The van der Waals surface area contributed by atoms with Gasteiger partial charge in [-0.1, -0.05) is 19.3 Å². The number of guanidine groups is 1. The predicted molar refractivity (Wildman–Crippen MR) is 94.2 cm³/mol. The molecule has 21 heavy (non-hydrogen) atoms. The molecule has 0 unspecified atom stereocenters. The molecule has 0 aromatic heterocycles. The number of aliphatic hydroxyl groups excluding tert-OH is 1. The third-order valence-corrected chi connectivity index (χ3v) is 4.99. The molecule has 0 amide bonds. The number of thioether (sulfide) groups is 1. The van der Waals surface area contributed by atoms with Crippen LogP contribution in [-0.2, 0) is 0 Å². The van der Waals surface area contributed by atoms with Crippen molar-refractivity contribution < 1.29 is 5.11 Å². The molecule has 4 nitrogen and oxygen atoms in total. The Balaban J connectivity index is 2.52. The van der Waals surface area contributed by atoms with Crippen LogP contribution in [0.15, 0.2) is 4.99 Å². The normalized spacial score (nSPS) is 18.5. The highest BCUT2D eigenvalue weighted by atomic mass is 32.2. The molecule has 3 N–H and O–H groups in total. The SMILES string of the molecule is CCNC(=NCC1(CCO)CCCCC1)NCCCSC. The van der Waals surface area contributed by atoms with Crippen molar-refractivity contribution in [3.63, 3.8) is 0 Å². The largest absolute Gasteiger partial charge is 0.396 e. The van der Waals surface area contributed by atoms with E-state index < -0.39 is 0 Å². The monoisotopic (exact) mass is 315 g/mol. The summed E-state index contributed by atoms with van der Waals surface area (Å²) in [4.78, 5) is 4.80. The Morgan fingerprint density at radius 1 is 1.24 bits per heavy atom. The summed E-state index contributed by atoms with van der Waals surface area (Å²) < 4.78 is 0. The van der Waals surface area contributed by atoms with Crippen LogP contribution in [0.4, 0.5) is 0 Å². The van der Waals surface area contributed by atoms with E-state index in [0.29, 0.717) is 0 Å². The zero-order valence-corrected chi connectivity index (χ0v) is 14.6. The Labute approximate surface area is 134 Å². The smallest absolute Gasteiger partial charge is 0.191 e. The first-order valence-electron chi connectivity index (χ1n) is 8.38. The summed E-state index contributed by atoms with van der Waals surface area (Å²) in [5, 5.41) is 16.1. The topological polar surface area (TPSA) is 56.7 Å². The number of hydrogen-bond donors (Lipinski definition) is 3.